The molecule has 0 fully saturated rings. The maximum Gasteiger partial charge on any atom is 0.247 e. The third-order valence-corrected chi connectivity index (χ3v) is 4.53. The number of hydrogen-bond donors (Lipinski definition) is 0. The van der Waals surface area contributed by atoms with E-state index in [0.29, 0.717) is 0 Å². The van der Waals surface area contributed by atoms with E-state index in [9.17, 15) is 4.79 Å². The van der Waals surface area contributed by atoms with Gasteiger partial charge in [-0.05, 0) is 59.6 Å². The third-order valence-electron chi connectivity index (χ3n) is 2.81. The number of amides is 1. The van der Waals surface area contributed by atoms with Crippen LogP contribution in [0.15, 0.2) is 9.21 Å². The van der Waals surface area contributed by atoms with Gasteiger partial charge in [-0.15, -0.1) is 0 Å². The summed E-state index contributed by atoms with van der Waals surface area (Å²) in [6.07, 6.45) is 0. The normalized spacial score (nSPS) is 12.6. The third kappa shape index (κ3) is 2.91. The van der Waals surface area contributed by atoms with E-state index in [4.69, 9.17) is 0 Å². The van der Waals surface area contributed by atoms with E-state index >= 15 is 0 Å². The molecule has 0 spiro atoms. The predicted octanol–water partition coefficient (Wildman–Crippen LogP) is 3.15. The van der Waals surface area contributed by atoms with E-state index in [1.807, 2.05) is 32.6 Å². The lowest BCUT2D eigenvalue weighted by Crippen LogP contribution is -2.36. The zero-order valence-corrected chi connectivity index (χ0v) is 13.7. The lowest BCUT2D eigenvalue weighted by Gasteiger charge is -2.23. The van der Waals surface area contributed by atoms with Crippen molar-refractivity contribution >= 4 is 37.8 Å². The second-order valence-electron chi connectivity index (χ2n) is 3.84. The van der Waals surface area contributed by atoms with Crippen molar-refractivity contribution in [1.29, 1.82) is 0 Å². The summed E-state index contributed by atoms with van der Waals surface area (Å²) in [6, 6.07) is -0.297. The maximum absolute atomic E-state index is 12.2. The number of hydrogen-bond acceptors (Lipinski definition) is 2. The summed E-state index contributed by atoms with van der Waals surface area (Å²) < 4.78 is 3.32. The van der Waals surface area contributed by atoms with Gasteiger partial charge in [0.15, 0.2) is 0 Å². The summed E-state index contributed by atoms with van der Waals surface area (Å²) >= 11 is 6.83. The first-order valence-corrected chi connectivity index (χ1v) is 7.21. The summed E-state index contributed by atoms with van der Waals surface area (Å²) in [5.41, 5.74) is 1.00. The van der Waals surface area contributed by atoms with Crippen molar-refractivity contribution in [2.24, 2.45) is 0 Å². The fourth-order valence-corrected chi connectivity index (χ4v) is 2.83. The molecule has 6 heteroatoms. The maximum atomic E-state index is 12.2. The smallest absolute Gasteiger partial charge is 0.247 e. The zero-order valence-electron chi connectivity index (χ0n) is 10.5. The Morgan fingerprint density at radius 3 is 2.29 bits per heavy atom. The van der Waals surface area contributed by atoms with Crippen LogP contribution < -0.4 is 0 Å². The Morgan fingerprint density at radius 1 is 1.41 bits per heavy atom. The highest BCUT2D eigenvalue weighted by Crippen LogP contribution is 2.27. The van der Waals surface area contributed by atoms with Gasteiger partial charge in [-0.25, -0.2) is 4.68 Å². The molecule has 0 aromatic carbocycles. The molecule has 0 N–H and O–H groups in total. The Balaban J connectivity index is 3.00. The molecular weight excluding hydrogens is 350 g/mol. The fourth-order valence-electron chi connectivity index (χ4n) is 1.63. The molecule has 17 heavy (non-hydrogen) atoms. The summed E-state index contributed by atoms with van der Waals surface area (Å²) in [7, 11) is 0. The van der Waals surface area contributed by atoms with E-state index in [2.05, 4.69) is 37.0 Å². The van der Waals surface area contributed by atoms with E-state index in [1.165, 1.54) is 0 Å². The van der Waals surface area contributed by atoms with Crippen LogP contribution in [0.5, 0.6) is 0 Å². The summed E-state index contributed by atoms with van der Waals surface area (Å²) in [5, 5.41) is 4.32. The SMILES string of the molecule is CCN(CC)C(=O)C(C)n1nc(Br)c(C)c1Br. The molecule has 4 nitrogen and oxygen atoms in total. The van der Waals surface area contributed by atoms with E-state index in [1.54, 1.807) is 4.68 Å². The molecule has 1 amide bonds. The van der Waals surface area contributed by atoms with Gasteiger partial charge in [0.1, 0.15) is 15.2 Å². The second-order valence-corrected chi connectivity index (χ2v) is 5.34. The zero-order chi connectivity index (χ0) is 13.2. The minimum absolute atomic E-state index is 0.0886. The molecule has 1 rings (SSSR count). The average molecular weight is 367 g/mol. The van der Waals surface area contributed by atoms with Crippen LogP contribution in [0.1, 0.15) is 32.4 Å². The number of rotatable bonds is 4. The highest BCUT2D eigenvalue weighted by Gasteiger charge is 2.23. The van der Waals surface area contributed by atoms with E-state index in [-0.39, 0.29) is 11.9 Å². The Bertz CT molecular complexity index is 413. The largest absolute Gasteiger partial charge is 0.341 e. The van der Waals surface area contributed by atoms with Crippen LogP contribution in [0.2, 0.25) is 0 Å². The van der Waals surface area contributed by atoms with Gasteiger partial charge in [0.05, 0.1) is 0 Å². The topological polar surface area (TPSA) is 38.1 Å². The van der Waals surface area contributed by atoms with Gasteiger partial charge in [-0.1, -0.05) is 0 Å². The van der Waals surface area contributed by atoms with Crippen LogP contribution in [0, 0.1) is 6.92 Å². The van der Waals surface area contributed by atoms with Crippen LogP contribution in [-0.4, -0.2) is 33.7 Å². The minimum Gasteiger partial charge on any atom is -0.341 e. The number of carbonyl (C=O) groups excluding carboxylic acids is 1. The molecule has 0 bridgehead atoms. The van der Waals surface area contributed by atoms with Crippen LogP contribution in [-0.2, 0) is 4.79 Å². The predicted molar refractivity (Wildman–Crippen MR) is 75.0 cm³/mol. The average Bonchev–Trinajstić information content (AvgIpc) is 2.57. The standard InChI is InChI=1S/C11H17Br2N3O/c1-5-15(6-2)11(17)8(4)16-10(13)7(3)9(12)14-16/h8H,5-6H2,1-4H3. The van der Waals surface area contributed by atoms with Crippen molar-refractivity contribution in [3.8, 4) is 0 Å². The molecule has 0 aliphatic rings. The molecule has 1 aromatic rings. The Hall–Kier alpha value is -0.360. The Labute approximate surface area is 119 Å². The van der Waals surface area contributed by atoms with Crippen molar-refractivity contribution in [3.63, 3.8) is 0 Å². The number of carbonyl (C=O) groups is 1. The van der Waals surface area contributed by atoms with Gasteiger partial charge in [0.25, 0.3) is 0 Å². The number of halogens is 2. The van der Waals surface area contributed by atoms with Gasteiger partial charge < -0.3 is 4.90 Å². The van der Waals surface area contributed by atoms with Crippen molar-refractivity contribution in [3.05, 3.63) is 14.8 Å². The van der Waals surface area contributed by atoms with E-state index in [0.717, 1.165) is 27.9 Å². The number of likely N-dealkylation sites (N-methyl/N-ethyl adjacent to an activating group) is 1. The molecular formula is C11H17Br2N3O. The number of aromatic nitrogens is 2. The number of nitrogens with zero attached hydrogens (tertiary/aromatic N) is 3. The first kappa shape index (κ1) is 14.7. The minimum atomic E-state index is -0.297. The molecule has 1 atom stereocenters. The Kier molecular flexibility index (Phi) is 5.19. The van der Waals surface area contributed by atoms with Gasteiger partial charge in [-0.3, -0.25) is 4.79 Å². The van der Waals surface area contributed by atoms with Gasteiger partial charge >= 0.3 is 0 Å². The molecule has 0 saturated heterocycles. The first-order chi connectivity index (χ1) is 7.93. The summed E-state index contributed by atoms with van der Waals surface area (Å²) in [5.74, 6) is 0.0886. The van der Waals surface area contributed by atoms with Crippen molar-refractivity contribution in [2.75, 3.05) is 13.1 Å². The molecule has 1 aromatic heterocycles. The Morgan fingerprint density at radius 2 is 1.94 bits per heavy atom. The van der Waals surface area contributed by atoms with E-state index < -0.39 is 0 Å². The van der Waals surface area contributed by atoms with Crippen LogP contribution in [0.25, 0.3) is 0 Å². The second kappa shape index (κ2) is 6.00. The fraction of sp³-hybridized carbons (Fsp3) is 0.636. The molecule has 0 saturated carbocycles. The first-order valence-electron chi connectivity index (χ1n) is 5.62. The van der Waals surface area contributed by atoms with Crippen molar-refractivity contribution < 1.29 is 4.79 Å². The molecule has 1 unspecified atom stereocenters. The molecule has 1 heterocycles. The summed E-state index contributed by atoms with van der Waals surface area (Å²) in [6.45, 7) is 9.22. The highest BCUT2D eigenvalue weighted by molar-refractivity contribution is 9.11. The van der Waals surface area contributed by atoms with Crippen LogP contribution in [0.4, 0.5) is 0 Å². The molecule has 0 aliphatic heterocycles. The lowest BCUT2D eigenvalue weighted by molar-refractivity contribution is -0.134. The van der Waals surface area contributed by atoms with Crippen molar-refractivity contribution in [2.45, 2.75) is 33.7 Å². The van der Waals surface area contributed by atoms with Gasteiger partial charge in [-0.2, -0.15) is 5.10 Å². The van der Waals surface area contributed by atoms with Crippen LogP contribution >= 0.6 is 31.9 Å². The van der Waals surface area contributed by atoms with Gasteiger partial charge in [0, 0.05) is 18.7 Å². The molecule has 96 valence electrons. The molecule has 0 aliphatic carbocycles. The summed E-state index contributed by atoms with van der Waals surface area (Å²) in [4.78, 5) is 14.0. The lowest BCUT2D eigenvalue weighted by atomic mass is 10.3. The highest BCUT2D eigenvalue weighted by atomic mass is 79.9. The van der Waals surface area contributed by atoms with Crippen molar-refractivity contribution in [1.82, 2.24) is 14.7 Å². The quantitative estimate of drug-likeness (QED) is 0.820. The monoisotopic (exact) mass is 365 g/mol. The molecule has 0 radical (unpaired) electrons. The van der Waals surface area contributed by atoms with Gasteiger partial charge in [0.2, 0.25) is 5.91 Å². The van der Waals surface area contributed by atoms with Crippen LogP contribution in [0.3, 0.4) is 0 Å².